The number of benzene rings is 1. The van der Waals surface area contributed by atoms with Crippen LogP contribution in [0, 0.1) is 0 Å². The van der Waals surface area contributed by atoms with E-state index in [0.717, 1.165) is 73.0 Å². The quantitative estimate of drug-likeness (QED) is 0.510. The van der Waals surface area contributed by atoms with Crippen molar-refractivity contribution in [3.05, 3.63) is 83.4 Å². The van der Waals surface area contributed by atoms with Crippen LogP contribution in [0.15, 0.2) is 67.0 Å². The molecule has 2 saturated heterocycles. The van der Waals surface area contributed by atoms with Crippen molar-refractivity contribution in [3.63, 3.8) is 0 Å². The normalized spacial score (nSPS) is 21.4. The number of nitrogens with zero attached hydrogens (tertiary/aromatic N) is 4. The number of aromatic nitrogens is 2. The Bertz CT molecular complexity index is 1090. The van der Waals surface area contributed by atoms with Gasteiger partial charge in [-0.2, -0.15) is 0 Å². The van der Waals surface area contributed by atoms with Crippen molar-refractivity contribution < 1.29 is 4.74 Å². The molecule has 2 aliphatic heterocycles. The van der Waals surface area contributed by atoms with Crippen LogP contribution in [0.3, 0.4) is 0 Å². The summed E-state index contributed by atoms with van der Waals surface area (Å²) in [6, 6.07) is 18.2. The molecule has 2 atom stereocenters. The summed E-state index contributed by atoms with van der Waals surface area (Å²) in [6.45, 7) is 5.56. The van der Waals surface area contributed by atoms with Gasteiger partial charge in [0, 0.05) is 55.0 Å². The van der Waals surface area contributed by atoms with Crippen LogP contribution < -0.4 is 5.32 Å². The largest absolute Gasteiger partial charge is 0.379 e. The molecule has 6 nitrogen and oxygen atoms in total. The molecule has 8 heteroatoms. The first-order chi connectivity index (χ1) is 16.2. The third-order valence-corrected chi connectivity index (χ3v) is 6.93. The van der Waals surface area contributed by atoms with E-state index in [1.807, 2.05) is 36.5 Å². The van der Waals surface area contributed by atoms with Crippen molar-refractivity contribution >= 4 is 28.9 Å². The smallest absolute Gasteiger partial charge is 0.170 e. The van der Waals surface area contributed by atoms with E-state index >= 15 is 0 Å². The second-order valence-electron chi connectivity index (χ2n) is 8.41. The monoisotopic (exact) mass is 481 g/mol. The van der Waals surface area contributed by atoms with Crippen LogP contribution in [0.4, 0.5) is 0 Å². The lowest BCUT2D eigenvalue weighted by Gasteiger charge is -2.31. The number of rotatable bonds is 7. The van der Waals surface area contributed by atoms with E-state index in [2.05, 4.69) is 55.1 Å². The lowest BCUT2D eigenvalue weighted by Crippen LogP contribution is -2.39. The van der Waals surface area contributed by atoms with Crippen LogP contribution in [0.1, 0.15) is 29.9 Å². The van der Waals surface area contributed by atoms with Gasteiger partial charge in [-0.25, -0.2) is 0 Å². The van der Waals surface area contributed by atoms with Crippen molar-refractivity contribution in [2.75, 3.05) is 39.4 Å². The molecule has 3 aromatic rings. The Hall–Kier alpha value is -2.45. The molecule has 0 aliphatic carbocycles. The Labute approximate surface area is 205 Å². The number of nitrogens with one attached hydrogen (secondary N) is 1. The fourth-order valence-electron chi connectivity index (χ4n) is 4.75. The molecule has 0 spiro atoms. The van der Waals surface area contributed by atoms with Crippen LogP contribution in [0.5, 0.6) is 0 Å². The van der Waals surface area contributed by atoms with E-state index in [1.54, 1.807) is 0 Å². The van der Waals surface area contributed by atoms with Gasteiger partial charge in [-0.1, -0.05) is 23.7 Å². The summed E-state index contributed by atoms with van der Waals surface area (Å²) in [5, 5.41) is 5.05. The SMILES string of the molecule is S=C1N[C@H](c2ccccn2)[C@@H](c2cccn2-c2cccc(Cl)c2)N1CCCN1CCOCC1. The van der Waals surface area contributed by atoms with Crippen molar-refractivity contribution in [3.8, 4) is 5.69 Å². The maximum absolute atomic E-state index is 6.31. The number of thiocarbonyl (C=S) groups is 1. The first-order valence-corrected chi connectivity index (χ1v) is 12.2. The minimum Gasteiger partial charge on any atom is -0.379 e. The number of hydrogen-bond acceptors (Lipinski definition) is 4. The lowest BCUT2D eigenvalue weighted by molar-refractivity contribution is 0.0365. The predicted octanol–water partition coefficient (Wildman–Crippen LogP) is 4.22. The van der Waals surface area contributed by atoms with Crippen molar-refractivity contribution in [2.45, 2.75) is 18.5 Å². The highest BCUT2D eigenvalue weighted by Gasteiger charge is 2.41. The van der Waals surface area contributed by atoms with Gasteiger partial charge in [-0.05, 0) is 61.1 Å². The number of morpholine rings is 1. The van der Waals surface area contributed by atoms with Gasteiger partial charge < -0.3 is 19.5 Å². The molecule has 0 saturated carbocycles. The van der Waals surface area contributed by atoms with E-state index in [0.29, 0.717) is 0 Å². The zero-order chi connectivity index (χ0) is 22.6. The summed E-state index contributed by atoms with van der Waals surface area (Å²) in [5.74, 6) is 0. The zero-order valence-corrected chi connectivity index (χ0v) is 20.0. The second kappa shape index (κ2) is 10.2. The molecule has 0 radical (unpaired) electrons. The second-order valence-corrected chi connectivity index (χ2v) is 9.23. The highest BCUT2D eigenvalue weighted by molar-refractivity contribution is 7.80. The van der Waals surface area contributed by atoms with Gasteiger partial charge in [-0.15, -0.1) is 0 Å². The minimum atomic E-state index is -0.0325. The van der Waals surface area contributed by atoms with Crippen LogP contribution in [0.25, 0.3) is 5.69 Å². The highest BCUT2D eigenvalue weighted by atomic mass is 35.5. The molecule has 2 fully saturated rings. The van der Waals surface area contributed by atoms with Gasteiger partial charge in [-0.3, -0.25) is 9.88 Å². The molecule has 172 valence electrons. The highest BCUT2D eigenvalue weighted by Crippen LogP contribution is 2.39. The summed E-state index contributed by atoms with van der Waals surface area (Å²) < 4.78 is 7.69. The van der Waals surface area contributed by atoms with Gasteiger partial charge in [0.2, 0.25) is 0 Å². The van der Waals surface area contributed by atoms with Gasteiger partial charge >= 0.3 is 0 Å². The molecule has 0 bridgehead atoms. The molecule has 2 aliphatic rings. The molecule has 1 aromatic carbocycles. The third-order valence-electron chi connectivity index (χ3n) is 6.34. The summed E-state index contributed by atoms with van der Waals surface area (Å²) in [7, 11) is 0. The molecule has 4 heterocycles. The molecule has 1 N–H and O–H groups in total. The molecule has 33 heavy (non-hydrogen) atoms. The molecule has 0 unspecified atom stereocenters. The summed E-state index contributed by atoms with van der Waals surface area (Å²) >= 11 is 12.2. The lowest BCUT2D eigenvalue weighted by atomic mass is 10.0. The Balaban J connectivity index is 1.45. The molecular formula is C25H28ClN5OS. The first-order valence-electron chi connectivity index (χ1n) is 11.4. The van der Waals surface area contributed by atoms with Crippen molar-refractivity contribution in [1.29, 1.82) is 0 Å². The van der Waals surface area contributed by atoms with Gasteiger partial charge in [0.1, 0.15) is 0 Å². The van der Waals surface area contributed by atoms with Crippen LogP contribution in [-0.2, 0) is 4.74 Å². The fourth-order valence-corrected chi connectivity index (χ4v) is 5.27. The average molecular weight is 482 g/mol. The summed E-state index contributed by atoms with van der Waals surface area (Å²) in [6.07, 6.45) is 4.96. The zero-order valence-electron chi connectivity index (χ0n) is 18.4. The Morgan fingerprint density at radius 1 is 1.06 bits per heavy atom. The molecular weight excluding hydrogens is 454 g/mol. The Kier molecular flexibility index (Phi) is 6.92. The first kappa shape index (κ1) is 22.3. The van der Waals surface area contributed by atoms with Crippen LogP contribution in [0.2, 0.25) is 5.02 Å². The number of pyridine rings is 1. The Morgan fingerprint density at radius 2 is 1.94 bits per heavy atom. The maximum Gasteiger partial charge on any atom is 0.170 e. The summed E-state index contributed by atoms with van der Waals surface area (Å²) in [5.41, 5.74) is 3.18. The topological polar surface area (TPSA) is 45.6 Å². The number of ether oxygens (including phenoxy) is 1. The molecule has 5 rings (SSSR count). The van der Waals surface area contributed by atoms with Gasteiger partial charge in [0.15, 0.2) is 5.11 Å². The van der Waals surface area contributed by atoms with Crippen LogP contribution >= 0.6 is 23.8 Å². The molecule has 0 amide bonds. The van der Waals surface area contributed by atoms with Gasteiger partial charge in [0.05, 0.1) is 31.0 Å². The van der Waals surface area contributed by atoms with E-state index < -0.39 is 0 Å². The Morgan fingerprint density at radius 3 is 2.73 bits per heavy atom. The fraction of sp³-hybridized carbons (Fsp3) is 0.360. The third kappa shape index (κ3) is 4.92. The average Bonchev–Trinajstić information content (AvgIpc) is 3.45. The minimum absolute atomic E-state index is 0.0195. The number of hydrogen-bond donors (Lipinski definition) is 1. The van der Waals surface area contributed by atoms with E-state index in [4.69, 9.17) is 28.6 Å². The standard InChI is InChI=1S/C25H28ClN5OS/c26-19-6-3-7-20(18-19)30-12-4-9-22(30)24-23(21-8-1-2-10-27-21)28-25(33)31(24)13-5-11-29-14-16-32-17-15-29/h1-4,6-10,12,18,23-24H,5,11,13-17H2,(H,28,33)/t23-,24-/m1/s1. The van der Waals surface area contributed by atoms with Crippen molar-refractivity contribution in [2.24, 2.45) is 0 Å². The summed E-state index contributed by atoms with van der Waals surface area (Å²) in [4.78, 5) is 9.45. The van der Waals surface area contributed by atoms with Crippen LogP contribution in [-0.4, -0.2) is 63.9 Å². The van der Waals surface area contributed by atoms with Gasteiger partial charge in [0.25, 0.3) is 0 Å². The van der Waals surface area contributed by atoms with E-state index in [1.165, 1.54) is 0 Å². The number of halogens is 1. The van der Waals surface area contributed by atoms with Crippen molar-refractivity contribution in [1.82, 2.24) is 24.7 Å². The molecule has 2 aromatic heterocycles. The van der Waals surface area contributed by atoms with E-state index in [9.17, 15) is 0 Å². The van der Waals surface area contributed by atoms with E-state index in [-0.39, 0.29) is 12.1 Å². The predicted molar refractivity (Wildman–Crippen MR) is 135 cm³/mol. The maximum atomic E-state index is 6.31.